The zero-order chi connectivity index (χ0) is 15.6. The molecule has 0 spiro atoms. The summed E-state index contributed by atoms with van der Waals surface area (Å²) in [5.74, 6) is 0.825. The minimum Gasteiger partial charge on any atom is -0.303 e. The normalized spacial score (nSPS) is 13.6. The van der Waals surface area contributed by atoms with Crippen molar-refractivity contribution in [3.05, 3.63) is 36.5 Å². The Kier molecular flexibility index (Phi) is 16.0. The molecule has 0 radical (unpaired) electrons. The van der Waals surface area contributed by atoms with E-state index in [1.165, 1.54) is 32.1 Å². The predicted octanol–water partition coefficient (Wildman–Crippen LogP) is 6.41. The highest BCUT2D eigenvalue weighted by atomic mass is 16.1. The molecule has 0 N–H and O–H groups in total. The highest BCUT2D eigenvalue weighted by molar-refractivity contribution is 5.48. The molecule has 0 aromatic rings. The van der Waals surface area contributed by atoms with Crippen molar-refractivity contribution >= 4 is 6.29 Å². The van der Waals surface area contributed by atoms with Gasteiger partial charge in [0.15, 0.2) is 0 Å². The Hall–Kier alpha value is -1.11. The topological polar surface area (TPSA) is 17.1 Å². The molecule has 0 aliphatic carbocycles. The van der Waals surface area contributed by atoms with Gasteiger partial charge in [0.25, 0.3) is 0 Å². The van der Waals surface area contributed by atoms with Crippen molar-refractivity contribution in [2.24, 2.45) is 5.92 Å². The molecule has 0 saturated carbocycles. The number of hydrogen-bond acceptors (Lipinski definition) is 1. The molecule has 1 nitrogen and oxygen atoms in total. The first-order valence-corrected chi connectivity index (χ1v) is 8.69. The van der Waals surface area contributed by atoms with Crippen LogP contribution >= 0.6 is 0 Å². The van der Waals surface area contributed by atoms with E-state index in [0.717, 1.165) is 37.9 Å². The van der Waals surface area contributed by atoms with E-state index in [2.05, 4.69) is 50.3 Å². The average Bonchev–Trinajstić information content (AvgIpc) is 2.48. The largest absolute Gasteiger partial charge is 0.303 e. The van der Waals surface area contributed by atoms with Crippen LogP contribution in [0.1, 0.15) is 78.1 Å². The van der Waals surface area contributed by atoms with Crippen LogP contribution in [-0.4, -0.2) is 6.29 Å². The van der Waals surface area contributed by atoms with Crippen LogP contribution in [0.4, 0.5) is 0 Å². The van der Waals surface area contributed by atoms with Crippen molar-refractivity contribution in [1.29, 1.82) is 0 Å². The maximum atomic E-state index is 10.1. The lowest BCUT2D eigenvalue weighted by molar-refractivity contribution is -0.107. The maximum absolute atomic E-state index is 10.1. The SMILES string of the molecule is CCCCCC(C)CC=CCC=CCC=CCCCC=O. The minimum absolute atomic E-state index is 0.682. The highest BCUT2D eigenvalue weighted by Gasteiger charge is 1.97. The Bertz CT molecular complexity index is 299. The number of hydrogen-bond donors (Lipinski definition) is 0. The van der Waals surface area contributed by atoms with Gasteiger partial charge in [-0.3, -0.25) is 0 Å². The van der Waals surface area contributed by atoms with Crippen molar-refractivity contribution in [3.63, 3.8) is 0 Å². The molecule has 21 heavy (non-hydrogen) atoms. The van der Waals surface area contributed by atoms with E-state index in [1.54, 1.807) is 0 Å². The average molecular weight is 290 g/mol. The van der Waals surface area contributed by atoms with Crippen LogP contribution in [0.5, 0.6) is 0 Å². The molecule has 0 heterocycles. The molecule has 0 amide bonds. The van der Waals surface area contributed by atoms with Gasteiger partial charge < -0.3 is 4.79 Å². The third-order valence-corrected chi connectivity index (χ3v) is 3.58. The van der Waals surface area contributed by atoms with Crippen LogP contribution in [0.2, 0.25) is 0 Å². The van der Waals surface area contributed by atoms with E-state index in [4.69, 9.17) is 0 Å². The highest BCUT2D eigenvalue weighted by Crippen LogP contribution is 2.13. The van der Waals surface area contributed by atoms with Crippen LogP contribution in [-0.2, 0) is 4.79 Å². The predicted molar refractivity (Wildman–Crippen MR) is 94.5 cm³/mol. The Labute approximate surface area is 132 Å². The van der Waals surface area contributed by atoms with Gasteiger partial charge in [0.2, 0.25) is 0 Å². The van der Waals surface area contributed by atoms with Crippen molar-refractivity contribution in [1.82, 2.24) is 0 Å². The van der Waals surface area contributed by atoms with Crippen molar-refractivity contribution in [3.8, 4) is 0 Å². The summed E-state index contributed by atoms with van der Waals surface area (Å²) in [6.45, 7) is 4.61. The van der Waals surface area contributed by atoms with E-state index >= 15 is 0 Å². The molecule has 0 saturated heterocycles. The Morgan fingerprint density at radius 1 is 0.810 bits per heavy atom. The van der Waals surface area contributed by atoms with Crippen LogP contribution in [0.3, 0.4) is 0 Å². The standard InChI is InChI=1S/C20H34O/c1-3-4-14-17-20(2)18-15-12-10-8-6-5-7-9-11-13-16-19-21/h6-9,12,15,19-20H,3-5,10-11,13-14,16-18H2,1-2H3. The first-order valence-electron chi connectivity index (χ1n) is 8.69. The second kappa shape index (κ2) is 16.9. The summed E-state index contributed by atoms with van der Waals surface area (Å²) in [6, 6.07) is 0. The third-order valence-electron chi connectivity index (χ3n) is 3.58. The van der Waals surface area contributed by atoms with E-state index in [9.17, 15) is 4.79 Å². The molecule has 1 atom stereocenters. The van der Waals surface area contributed by atoms with Gasteiger partial charge in [-0.15, -0.1) is 0 Å². The van der Waals surface area contributed by atoms with Crippen molar-refractivity contribution in [2.45, 2.75) is 78.1 Å². The van der Waals surface area contributed by atoms with Crippen LogP contribution in [0.25, 0.3) is 0 Å². The zero-order valence-electron chi connectivity index (χ0n) is 14.1. The van der Waals surface area contributed by atoms with Gasteiger partial charge in [-0.2, -0.15) is 0 Å². The summed E-state index contributed by atoms with van der Waals surface area (Å²) >= 11 is 0. The summed E-state index contributed by atoms with van der Waals surface area (Å²) in [5.41, 5.74) is 0. The van der Waals surface area contributed by atoms with Gasteiger partial charge >= 0.3 is 0 Å². The molecule has 120 valence electrons. The molecule has 1 unspecified atom stereocenters. The number of rotatable bonds is 14. The van der Waals surface area contributed by atoms with E-state index < -0.39 is 0 Å². The van der Waals surface area contributed by atoms with Gasteiger partial charge in [0.1, 0.15) is 6.29 Å². The van der Waals surface area contributed by atoms with Crippen molar-refractivity contribution < 1.29 is 4.79 Å². The minimum atomic E-state index is 0.682. The summed E-state index contributed by atoms with van der Waals surface area (Å²) in [5, 5.41) is 0. The lowest BCUT2D eigenvalue weighted by Crippen LogP contribution is -1.92. The second-order valence-electron chi connectivity index (χ2n) is 5.82. The quantitative estimate of drug-likeness (QED) is 0.205. The van der Waals surface area contributed by atoms with Crippen molar-refractivity contribution in [2.75, 3.05) is 0 Å². The van der Waals surface area contributed by atoms with Gasteiger partial charge in [0.05, 0.1) is 0 Å². The van der Waals surface area contributed by atoms with E-state index in [-0.39, 0.29) is 0 Å². The van der Waals surface area contributed by atoms with E-state index in [0.29, 0.717) is 6.42 Å². The fourth-order valence-corrected chi connectivity index (χ4v) is 2.17. The number of carbonyl (C=O) groups excluding carboxylic acids is 1. The van der Waals surface area contributed by atoms with Gasteiger partial charge in [-0.1, -0.05) is 76.0 Å². The number of aldehydes is 1. The summed E-state index contributed by atoms with van der Waals surface area (Å²) in [7, 11) is 0. The third kappa shape index (κ3) is 16.8. The Morgan fingerprint density at radius 3 is 2.14 bits per heavy atom. The first kappa shape index (κ1) is 19.9. The van der Waals surface area contributed by atoms with Gasteiger partial charge in [-0.05, 0) is 38.0 Å². The number of carbonyl (C=O) groups is 1. The monoisotopic (exact) mass is 290 g/mol. The first-order chi connectivity index (χ1) is 10.3. The zero-order valence-corrected chi connectivity index (χ0v) is 14.1. The molecule has 1 heteroatoms. The molecule has 0 fully saturated rings. The molecule has 0 aromatic carbocycles. The number of unbranched alkanes of at least 4 members (excludes halogenated alkanes) is 4. The molecule has 0 rings (SSSR count). The van der Waals surface area contributed by atoms with Crippen LogP contribution in [0, 0.1) is 5.92 Å². The molecule has 0 aliphatic rings. The molecule has 0 bridgehead atoms. The lowest BCUT2D eigenvalue weighted by atomic mass is 10.00. The summed E-state index contributed by atoms with van der Waals surface area (Å²) in [4.78, 5) is 10.1. The maximum Gasteiger partial charge on any atom is 0.120 e. The van der Waals surface area contributed by atoms with Crippen LogP contribution in [0.15, 0.2) is 36.5 Å². The van der Waals surface area contributed by atoms with Crippen LogP contribution < -0.4 is 0 Å². The molecule has 0 aliphatic heterocycles. The number of allylic oxidation sites excluding steroid dienone is 6. The summed E-state index contributed by atoms with van der Waals surface area (Å²) in [6.07, 6.45) is 25.8. The molecular formula is C20H34O. The molecular weight excluding hydrogens is 256 g/mol. The Balaban J connectivity index is 3.44. The Morgan fingerprint density at radius 2 is 1.48 bits per heavy atom. The van der Waals surface area contributed by atoms with E-state index in [1.807, 2.05) is 0 Å². The fourth-order valence-electron chi connectivity index (χ4n) is 2.17. The lowest BCUT2D eigenvalue weighted by Gasteiger charge is -2.06. The second-order valence-corrected chi connectivity index (χ2v) is 5.82. The van der Waals surface area contributed by atoms with Gasteiger partial charge in [-0.25, -0.2) is 0 Å². The van der Waals surface area contributed by atoms with Gasteiger partial charge in [0, 0.05) is 6.42 Å². The fraction of sp³-hybridized carbons (Fsp3) is 0.650. The summed E-state index contributed by atoms with van der Waals surface area (Å²) < 4.78 is 0. The smallest absolute Gasteiger partial charge is 0.120 e. The molecule has 0 aromatic heterocycles.